The first-order valence-electron chi connectivity index (χ1n) is 9.43. The van der Waals surface area contributed by atoms with Crippen molar-refractivity contribution in [2.24, 2.45) is 0 Å². The largest absolute Gasteiger partial charge is 0.349 e. The summed E-state index contributed by atoms with van der Waals surface area (Å²) in [5, 5.41) is 3.06. The topological polar surface area (TPSA) is 69.7 Å². The smallest absolute Gasteiger partial charge is 0.264 e. The highest BCUT2D eigenvalue weighted by atomic mass is 32.2. The zero-order chi connectivity index (χ0) is 20.3. The molecule has 0 bridgehead atoms. The number of amides is 1. The van der Waals surface area contributed by atoms with Crippen LogP contribution in [0.4, 0.5) is 5.69 Å². The quantitative estimate of drug-likeness (QED) is 0.836. The lowest BCUT2D eigenvalue weighted by molar-refractivity contribution is 0.0917. The fraction of sp³-hybridized carbons (Fsp3) is 0.381. The van der Waals surface area contributed by atoms with Crippen molar-refractivity contribution < 1.29 is 13.2 Å². The Hall–Kier alpha value is -2.38. The van der Waals surface area contributed by atoms with Crippen LogP contribution >= 0.6 is 0 Å². The summed E-state index contributed by atoms with van der Waals surface area (Å²) in [6.07, 6.45) is 1.78. The van der Waals surface area contributed by atoms with E-state index in [0.717, 1.165) is 31.5 Å². The molecule has 1 N–H and O–H groups in total. The van der Waals surface area contributed by atoms with E-state index in [1.54, 1.807) is 48.5 Å². The fourth-order valence-electron chi connectivity index (χ4n) is 3.35. The van der Waals surface area contributed by atoms with Crippen molar-refractivity contribution in [3.8, 4) is 0 Å². The molecule has 7 heteroatoms. The van der Waals surface area contributed by atoms with Crippen LogP contribution in [0.15, 0.2) is 53.4 Å². The summed E-state index contributed by atoms with van der Waals surface area (Å²) in [5.41, 5.74) is 1.72. The Bertz CT molecular complexity index is 934. The van der Waals surface area contributed by atoms with E-state index in [9.17, 15) is 13.2 Å². The number of sulfonamides is 1. The number of likely N-dealkylation sites (tertiary alicyclic amines) is 1. The van der Waals surface area contributed by atoms with Gasteiger partial charge in [-0.05, 0) is 64.2 Å². The molecular weight excluding hydrogens is 374 g/mol. The van der Waals surface area contributed by atoms with Crippen LogP contribution in [0.25, 0.3) is 0 Å². The number of carbonyl (C=O) groups is 1. The van der Waals surface area contributed by atoms with E-state index in [-0.39, 0.29) is 16.8 Å². The zero-order valence-electron chi connectivity index (χ0n) is 16.6. The zero-order valence-corrected chi connectivity index (χ0v) is 17.4. The lowest BCUT2D eigenvalue weighted by atomic mass is 10.0. The number of nitrogens with one attached hydrogen (secondary N) is 1. The first-order valence-corrected chi connectivity index (χ1v) is 10.9. The van der Waals surface area contributed by atoms with E-state index in [2.05, 4.69) is 17.3 Å². The molecule has 0 atom stereocenters. The van der Waals surface area contributed by atoms with Crippen molar-refractivity contribution in [2.75, 3.05) is 31.5 Å². The molecule has 0 aliphatic carbocycles. The highest BCUT2D eigenvalue weighted by molar-refractivity contribution is 7.92. The average molecular weight is 402 g/mol. The van der Waals surface area contributed by atoms with E-state index in [1.165, 1.54) is 11.4 Å². The van der Waals surface area contributed by atoms with Crippen LogP contribution in [0.1, 0.15) is 28.8 Å². The molecule has 1 saturated heterocycles. The predicted octanol–water partition coefficient (Wildman–Crippen LogP) is 2.64. The van der Waals surface area contributed by atoms with Gasteiger partial charge in [-0.3, -0.25) is 9.10 Å². The molecule has 0 unspecified atom stereocenters. The van der Waals surface area contributed by atoms with Gasteiger partial charge in [0.15, 0.2) is 0 Å². The third-order valence-electron chi connectivity index (χ3n) is 5.22. The Morgan fingerprint density at radius 2 is 1.68 bits per heavy atom. The molecule has 0 spiro atoms. The molecule has 1 amide bonds. The van der Waals surface area contributed by atoms with Gasteiger partial charge in [-0.15, -0.1) is 0 Å². The molecule has 2 aromatic rings. The number of nitrogens with zero attached hydrogens (tertiary/aromatic N) is 2. The summed E-state index contributed by atoms with van der Waals surface area (Å²) < 4.78 is 27.2. The molecule has 1 heterocycles. The fourth-order valence-corrected chi connectivity index (χ4v) is 4.57. The molecule has 3 rings (SSSR count). The van der Waals surface area contributed by atoms with Crippen molar-refractivity contribution in [1.29, 1.82) is 0 Å². The number of benzene rings is 2. The van der Waals surface area contributed by atoms with Crippen molar-refractivity contribution in [1.82, 2.24) is 10.2 Å². The first kappa shape index (κ1) is 20.4. The van der Waals surface area contributed by atoms with E-state index < -0.39 is 10.0 Å². The minimum Gasteiger partial charge on any atom is -0.349 e. The van der Waals surface area contributed by atoms with Crippen molar-refractivity contribution in [3.05, 3.63) is 59.7 Å². The minimum atomic E-state index is -3.76. The SMILES string of the molecule is Cc1ccc(S(=O)(=O)N(C)c2ccccc2C(=O)NC2CCN(C)CC2)cc1. The van der Waals surface area contributed by atoms with Gasteiger partial charge in [-0.25, -0.2) is 8.42 Å². The van der Waals surface area contributed by atoms with Gasteiger partial charge >= 0.3 is 0 Å². The van der Waals surface area contributed by atoms with Gasteiger partial charge in [0.1, 0.15) is 0 Å². The molecule has 2 aromatic carbocycles. The Morgan fingerprint density at radius 1 is 1.07 bits per heavy atom. The number of piperidine rings is 1. The lowest BCUT2D eigenvalue weighted by Gasteiger charge is -2.30. The normalized spacial score (nSPS) is 16.0. The second-order valence-corrected chi connectivity index (χ2v) is 9.32. The second kappa shape index (κ2) is 8.32. The number of aryl methyl sites for hydroxylation is 1. The predicted molar refractivity (Wildman–Crippen MR) is 111 cm³/mol. The van der Waals surface area contributed by atoms with Gasteiger partial charge in [0.25, 0.3) is 15.9 Å². The van der Waals surface area contributed by atoms with Gasteiger partial charge in [-0.2, -0.15) is 0 Å². The van der Waals surface area contributed by atoms with Crippen LogP contribution in [0, 0.1) is 6.92 Å². The Balaban J connectivity index is 1.84. The van der Waals surface area contributed by atoms with Gasteiger partial charge < -0.3 is 10.2 Å². The third kappa shape index (κ3) is 4.36. The van der Waals surface area contributed by atoms with Crippen LogP contribution < -0.4 is 9.62 Å². The summed E-state index contributed by atoms with van der Waals surface area (Å²) in [6, 6.07) is 13.6. The number of para-hydroxylation sites is 1. The molecule has 28 heavy (non-hydrogen) atoms. The van der Waals surface area contributed by atoms with E-state index in [4.69, 9.17) is 0 Å². The molecule has 0 saturated carbocycles. The number of hydrogen-bond donors (Lipinski definition) is 1. The first-order chi connectivity index (χ1) is 13.3. The number of hydrogen-bond acceptors (Lipinski definition) is 4. The maximum Gasteiger partial charge on any atom is 0.264 e. The second-order valence-electron chi connectivity index (χ2n) is 7.35. The molecule has 1 fully saturated rings. The van der Waals surface area contributed by atoms with Gasteiger partial charge in [0.2, 0.25) is 0 Å². The average Bonchev–Trinajstić information content (AvgIpc) is 2.69. The maximum atomic E-state index is 13.0. The van der Waals surface area contributed by atoms with E-state index >= 15 is 0 Å². The Labute approximate surface area is 167 Å². The monoisotopic (exact) mass is 401 g/mol. The number of carbonyl (C=O) groups excluding carboxylic acids is 1. The summed E-state index contributed by atoms with van der Waals surface area (Å²) in [7, 11) is -0.208. The molecule has 6 nitrogen and oxygen atoms in total. The highest BCUT2D eigenvalue weighted by Crippen LogP contribution is 2.26. The van der Waals surface area contributed by atoms with Crippen LogP contribution in [0.2, 0.25) is 0 Å². The van der Waals surface area contributed by atoms with Crippen molar-refractivity contribution in [3.63, 3.8) is 0 Å². The highest BCUT2D eigenvalue weighted by Gasteiger charge is 2.26. The van der Waals surface area contributed by atoms with Crippen LogP contribution in [0.3, 0.4) is 0 Å². The van der Waals surface area contributed by atoms with Crippen molar-refractivity contribution in [2.45, 2.75) is 30.7 Å². The van der Waals surface area contributed by atoms with Crippen LogP contribution in [-0.4, -0.2) is 52.5 Å². The number of anilines is 1. The third-order valence-corrected chi connectivity index (χ3v) is 7.01. The number of rotatable bonds is 5. The molecule has 0 radical (unpaired) electrons. The van der Waals surface area contributed by atoms with E-state index in [0.29, 0.717) is 11.3 Å². The lowest BCUT2D eigenvalue weighted by Crippen LogP contribution is -2.43. The molecule has 1 aliphatic heterocycles. The standard InChI is InChI=1S/C21H27N3O3S/c1-16-8-10-18(11-9-16)28(26,27)24(3)20-7-5-4-6-19(20)21(25)22-17-12-14-23(2)15-13-17/h4-11,17H,12-15H2,1-3H3,(H,22,25). The molecule has 1 aliphatic rings. The van der Waals surface area contributed by atoms with Crippen molar-refractivity contribution >= 4 is 21.6 Å². The van der Waals surface area contributed by atoms with Crippen LogP contribution in [-0.2, 0) is 10.0 Å². The minimum absolute atomic E-state index is 0.107. The van der Waals surface area contributed by atoms with Gasteiger partial charge in [0.05, 0.1) is 16.1 Å². The summed E-state index contributed by atoms with van der Waals surface area (Å²) in [6.45, 7) is 3.78. The van der Waals surface area contributed by atoms with Crippen LogP contribution in [0.5, 0.6) is 0 Å². The van der Waals surface area contributed by atoms with E-state index in [1.807, 2.05) is 6.92 Å². The van der Waals surface area contributed by atoms with Gasteiger partial charge in [0, 0.05) is 13.1 Å². The molecular formula is C21H27N3O3S. The molecule has 150 valence electrons. The Morgan fingerprint density at radius 3 is 2.32 bits per heavy atom. The summed E-state index contributed by atoms with van der Waals surface area (Å²) in [5.74, 6) is -0.240. The van der Waals surface area contributed by atoms with Gasteiger partial charge in [-0.1, -0.05) is 29.8 Å². The molecule has 0 aromatic heterocycles. The summed E-state index contributed by atoms with van der Waals surface area (Å²) >= 11 is 0. The maximum absolute atomic E-state index is 13.0. The Kier molecular flexibility index (Phi) is 6.05. The summed E-state index contributed by atoms with van der Waals surface area (Å²) in [4.78, 5) is 15.3.